The van der Waals surface area contributed by atoms with Gasteiger partial charge in [0.1, 0.15) is 17.0 Å². The number of aryl methyl sites for hydroxylation is 2. The molecule has 6 heteroatoms. The second-order valence-corrected chi connectivity index (χ2v) is 6.81. The summed E-state index contributed by atoms with van der Waals surface area (Å²) < 4.78 is 0. The highest BCUT2D eigenvalue weighted by atomic mass is 32.1. The second-order valence-electron chi connectivity index (χ2n) is 5.73. The number of rotatable bonds is 1. The molecular weight excluding hydrogens is 284 g/mol. The van der Waals surface area contributed by atoms with Gasteiger partial charge in [-0.2, -0.15) is 0 Å². The number of nitrogens with zero attached hydrogens (tertiary/aromatic N) is 4. The molecule has 1 amide bonds. The van der Waals surface area contributed by atoms with Gasteiger partial charge in [-0.05, 0) is 24.8 Å². The molecule has 2 aromatic rings. The summed E-state index contributed by atoms with van der Waals surface area (Å²) in [4.78, 5) is 27.3. The first-order valence-electron chi connectivity index (χ1n) is 7.50. The lowest BCUT2D eigenvalue weighted by Gasteiger charge is -2.35. The molecule has 2 aromatic heterocycles. The number of hydrogen-bond donors (Lipinski definition) is 0. The van der Waals surface area contributed by atoms with Crippen molar-refractivity contribution in [3.8, 4) is 0 Å². The first-order chi connectivity index (χ1) is 10.2. The zero-order valence-corrected chi connectivity index (χ0v) is 12.9. The van der Waals surface area contributed by atoms with Gasteiger partial charge in [0.25, 0.3) is 0 Å². The van der Waals surface area contributed by atoms with Crippen LogP contribution in [0, 0.1) is 0 Å². The van der Waals surface area contributed by atoms with Crippen LogP contribution in [0.1, 0.15) is 23.8 Å². The molecule has 0 spiro atoms. The fourth-order valence-electron chi connectivity index (χ4n) is 3.38. The number of hydrogen-bond acceptors (Lipinski definition) is 5. The summed E-state index contributed by atoms with van der Waals surface area (Å²) in [5, 5.41) is 1.27. The van der Waals surface area contributed by atoms with Crippen molar-refractivity contribution < 1.29 is 4.79 Å². The monoisotopic (exact) mass is 302 g/mol. The minimum atomic E-state index is 0.166. The molecule has 0 aromatic carbocycles. The van der Waals surface area contributed by atoms with E-state index >= 15 is 0 Å². The SMILES string of the molecule is CC(=O)N1CCN(c2ncnc3sc4c(c23)CCC4)CC1. The van der Waals surface area contributed by atoms with E-state index in [9.17, 15) is 4.79 Å². The summed E-state index contributed by atoms with van der Waals surface area (Å²) >= 11 is 1.83. The standard InChI is InChI=1S/C15H18N4OS/c1-10(20)18-5-7-19(8-6-18)14-13-11-3-2-4-12(11)21-15(13)17-9-16-14/h9H,2-8H2,1H3. The van der Waals surface area contributed by atoms with Crippen molar-refractivity contribution in [1.82, 2.24) is 14.9 Å². The predicted octanol–water partition coefficient (Wildman–Crippen LogP) is 1.85. The summed E-state index contributed by atoms with van der Waals surface area (Å²) in [5.41, 5.74) is 1.47. The van der Waals surface area contributed by atoms with E-state index in [4.69, 9.17) is 0 Å². The number of piperazine rings is 1. The van der Waals surface area contributed by atoms with Crippen molar-refractivity contribution >= 4 is 33.3 Å². The van der Waals surface area contributed by atoms with Crippen LogP contribution in [0.15, 0.2) is 6.33 Å². The van der Waals surface area contributed by atoms with Gasteiger partial charge in [-0.15, -0.1) is 11.3 Å². The zero-order chi connectivity index (χ0) is 14.4. The average molecular weight is 302 g/mol. The van der Waals surface area contributed by atoms with Crippen molar-refractivity contribution in [3.05, 3.63) is 16.8 Å². The molecule has 0 N–H and O–H groups in total. The number of amides is 1. The Kier molecular flexibility index (Phi) is 3.06. The molecule has 3 heterocycles. The topological polar surface area (TPSA) is 49.3 Å². The summed E-state index contributed by atoms with van der Waals surface area (Å²) in [6.07, 6.45) is 5.28. The van der Waals surface area contributed by atoms with Gasteiger partial charge in [0.15, 0.2) is 0 Å². The minimum absolute atomic E-state index is 0.166. The highest BCUT2D eigenvalue weighted by Gasteiger charge is 2.26. The van der Waals surface area contributed by atoms with Gasteiger partial charge in [0, 0.05) is 38.0 Å². The Morgan fingerprint density at radius 1 is 1.19 bits per heavy atom. The van der Waals surface area contributed by atoms with E-state index in [1.54, 1.807) is 13.3 Å². The molecular formula is C15H18N4OS. The molecule has 1 fully saturated rings. The molecule has 0 saturated carbocycles. The molecule has 1 aliphatic heterocycles. The molecule has 1 aliphatic carbocycles. The average Bonchev–Trinajstić information content (AvgIpc) is 3.07. The van der Waals surface area contributed by atoms with Crippen LogP contribution < -0.4 is 4.90 Å². The maximum absolute atomic E-state index is 11.4. The van der Waals surface area contributed by atoms with Crippen molar-refractivity contribution in [2.24, 2.45) is 0 Å². The molecule has 0 atom stereocenters. The van der Waals surface area contributed by atoms with E-state index in [0.29, 0.717) is 0 Å². The number of anilines is 1. The summed E-state index contributed by atoms with van der Waals surface area (Å²) in [6.45, 7) is 4.93. The lowest BCUT2D eigenvalue weighted by molar-refractivity contribution is -0.129. The van der Waals surface area contributed by atoms with Crippen molar-refractivity contribution in [1.29, 1.82) is 0 Å². The van der Waals surface area contributed by atoms with Gasteiger partial charge in [0.05, 0.1) is 5.39 Å². The van der Waals surface area contributed by atoms with E-state index in [0.717, 1.165) is 43.2 Å². The summed E-state index contributed by atoms with van der Waals surface area (Å²) in [7, 11) is 0. The minimum Gasteiger partial charge on any atom is -0.352 e. The third-order valence-corrected chi connectivity index (χ3v) is 5.71. The smallest absolute Gasteiger partial charge is 0.219 e. The van der Waals surface area contributed by atoms with E-state index in [-0.39, 0.29) is 5.91 Å². The first kappa shape index (κ1) is 13.0. The van der Waals surface area contributed by atoms with Crippen LogP contribution >= 0.6 is 11.3 Å². The number of carbonyl (C=O) groups is 1. The van der Waals surface area contributed by atoms with E-state index < -0.39 is 0 Å². The lowest BCUT2D eigenvalue weighted by Crippen LogP contribution is -2.48. The zero-order valence-electron chi connectivity index (χ0n) is 12.1. The number of thiophene rings is 1. The van der Waals surface area contributed by atoms with Crippen LogP contribution in [0.25, 0.3) is 10.2 Å². The Balaban J connectivity index is 1.70. The molecule has 0 radical (unpaired) electrons. The molecule has 0 bridgehead atoms. The molecule has 2 aliphatic rings. The summed E-state index contributed by atoms with van der Waals surface area (Å²) in [6, 6.07) is 0. The summed E-state index contributed by atoms with van der Waals surface area (Å²) in [5.74, 6) is 1.24. The third-order valence-electron chi connectivity index (χ3n) is 4.51. The Morgan fingerprint density at radius 2 is 2.00 bits per heavy atom. The maximum Gasteiger partial charge on any atom is 0.219 e. The molecule has 4 rings (SSSR count). The van der Waals surface area contributed by atoms with Gasteiger partial charge in [0.2, 0.25) is 5.91 Å². The first-order valence-corrected chi connectivity index (χ1v) is 8.31. The third kappa shape index (κ3) is 2.09. The van der Waals surface area contributed by atoms with Crippen molar-refractivity contribution in [2.75, 3.05) is 31.1 Å². The van der Waals surface area contributed by atoms with Crippen LogP contribution in [-0.2, 0) is 17.6 Å². The molecule has 21 heavy (non-hydrogen) atoms. The predicted molar refractivity (Wildman–Crippen MR) is 83.9 cm³/mol. The van der Waals surface area contributed by atoms with Crippen LogP contribution in [0.3, 0.4) is 0 Å². The Labute approximate surface area is 127 Å². The van der Waals surface area contributed by atoms with Gasteiger partial charge < -0.3 is 9.80 Å². The highest BCUT2D eigenvalue weighted by Crippen LogP contribution is 2.40. The maximum atomic E-state index is 11.4. The highest BCUT2D eigenvalue weighted by molar-refractivity contribution is 7.19. The molecule has 0 unspecified atom stereocenters. The van der Waals surface area contributed by atoms with Gasteiger partial charge in [-0.25, -0.2) is 9.97 Å². The van der Waals surface area contributed by atoms with Gasteiger partial charge in [-0.3, -0.25) is 4.79 Å². The molecule has 1 saturated heterocycles. The number of carbonyl (C=O) groups excluding carboxylic acids is 1. The fourth-order valence-corrected chi connectivity index (χ4v) is 4.61. The molecule has 110 valence electrons. The van der Waals surface area contributed by atoms with Crippen LogP contribution in [-0.4, -0.2) is 47.0 Å². The van der Waals surface area contributed by atoms with E-state index in [2.05, 4.69) is 14.9 Å². The second kappa shape index (κ2) is 4.94. The van der Waals surface area contributed by atoms with E-state index in [1.165, 1.54) is 28.7 Å². The Morgan fingerprint density at radius 3 is 2.76 bits per heavy atom. The van der Waals surface area contributed by atoms with E-state index in [1.807, 2.05) is 16.2 Å². The largest absolute Gasteiger partial charge is 0.352 e. The van der Waals surface area contributed by atoms with Crippen molar-refractivity contribution in [2.45, 2.75) is 26.2 Å². The number of aromatic nitrogens is 2. The van der Waals surface area contributed by atoms with Crippen LogP contribution in [0.5, 0.6) is 0 Å². The van der Waals surface area contributed by atoms with Crippen molar-refractivity contribution in [3.63, 3.8) is 0 Å². The van der Waals surface area contributed by atoms with Crippen LogP contribution in [0.2, 0.25) is 0 Å². The normalized spacial score (nSPS) is 18.3. The van der Waals surface area contributed by atoms with Crippen LogP contribution in [0.4, 0.5) is 5.82 Å². The Hall–Kier alpha value is -1.69. The van der Waals surface area contributed by atoms with Gasteiger partial charge in [-0.1, -0.05) is 0 Å². The quantitative estimate of drug-likeness (QED) is 0.806. The number of fused-ring (bicyclic) bond motifs is 3. The lowest BCUT2D eigenvalue weighted by atomic mass is 10.1. The van der Waals surface area contributed by atoms with Gasteiger partial charge >= 0.3 is 0 Å². The fraction of sp³-hybridized carbons (Fsp3) is 0.533. The molecule has 5 nitrogen and oxygen atoms in total. The Bertz CT molecular complexity index is 703.